The summed E-state index contributed by atoms with van der Waals surface area (Å²) in [5, 5.41) is 14.4. The van der Waals surface area contributed by atoms with E-state index in [0.717, 1.165) is 0 Å². The van der Waals surface area contributed by atoms with E-state index in [0.29, 0.717) is 12.0 Å². The van der Waals surface area contributed by atoms with Gasteiger partial charge in [0.1, 0.15) is 11.8 Å². The van der Waals surface area contributed by atoms with E-state index in [4.69, 9.17) is 5.26 Å². The first-order chi connectivity index (χ1) is 6.16. The van der Waals surface area contributed by atoms with Gasteiger partial charge in [-0.2, -0.15) is 19.1 Å². The van der Waals surface area contributed by atoms with Gasteiger partial charge in [-0.3, -0.25) is 5.10 Å². The Hall–Kier alpha value is -1.44. The van der Waals surface area contributed by atoms with Crippen LogP contribution < -0.4 is 0 Å². The number of fused-ring (bicyclic) bond motifs is 3. The summed E-state index contributed by atoms with van der Waals surface area (Å²) < 4.78 is 26.7. The Kier molecular flexibility index (Phi) is 0.938. The van der Waals surface area contributed by atoms with Crippen LogP contribution in [-0.4, -0.2) is 10.2 Å². The van der Waals surface area contributed by atoms with Crippen molar-refractivity contribution in [3.8, 4) is 6.07 Å². The lowest BCUT2D eigenvalue weighted by Crippen LogP contribution is -2.13. The van der Waals surface area contributed by atoms with Crippen molar-refractivity contribution in [2.45, 2.75) is 18.3 Å². The number of H-pyrrole nitrogens is 1. The SMILES string of the molecule is N#Cc1n[nH]c2c1C1C[C@H]1C2(F)F. The Balaban J connectivity index is 2.26. The van der Waals surface area contributed by atoms with Crippen LogP contribution in [-0.2, 0) is 5.92 Å². The van der Waals surface area contributed by atoms with E-state index in [2.05, 4.69) is 10.2 Å². The average molecular weight is 181 g/mol. The number of halogens is 2. The number of alkyl halides is 2. The maximum absolute atomic E-state index is 13.3. The van der Waals surface area contributed by atoms with Crippen molar-refractivity contribution in [1.82, 2.24) is 10.2 Å². The van der Waals surface area contributed by atoms with E-state index in [-0.39, 0.29) is 17.3 Å². The number of nitrogens with one attached hydrogen (secondary N) is 1. The van der Waals surface area contributed by atoms with E-state index >= 15 is 0 Å². The maximum atomic E-state index is 13.3. The second-order valence-corrected chi connectivity index (χ2v) is 3.54. The van der Waals surface area contributed by atoms with Gasteiger partial charge < -0.3 is 0 Å². The molecule has 0 aliphatic heterocycles. The largest absolute Gasteiger partial charge is 0.292 e. The first-order valence-corrected chi connectivity index (χ1v) is 4.03. The van der Waals surface area contributed by atoms with Gasteiger partial charge in [-0.1, -0.05) is 0 Å². The van der Waals surface area contributed by atoms with Gasteiger partial charge in [0.05, 0.1) is 0 Å². The fraction of sp³-hybridized carbons (Fsp3) is 0.500. The zero-order chi connectivity index (χ0) is 9.22. The normalized spacial score (nSPS) is 32.1. The van der Waals surface area contributed by atoms with E-state index in [1.807, 2.05) is 6.07 Å². The number of nitrogens with zero attached hydrogens (tertiary/aromatic N) is 2. The fourth-order valence-electron chi connectivity index (χ4n) is 2.15. The number of aromatic amines is 1. The quantitative estimate of drug-likeness (QED) is 0.659. The number of hydrogen-bond acceptors (Lipinski definition) is 2. The molecule has 13 heavy (non-hydrogen) atoms. The van der Waals surface area contributed by atoms with E-state index in [1.54, 1.807) is 0 Å². The molecule has 3 nitrogen and oxygen atoms in total. The molecule has 66 valence electrons. The summed E-state index contributed by atoms with van der Waals surface area (Å²) in [6.07, 6.45) is 0.494. The molecule has 0 radical (unpaired) electrons. The van der Waals surface area contributed by atoms with Crippen LogP contribution in [0, 0.1) is 17.2 Å². The third-order valence-electron chi connectivity index (χ3n) is 2.87. The topological polar surface area (TPSA) is 52.5 Å². The molecule has 1 fully saturated rings. The number of hydrogen-bond donors (Lipinski definition) is 1. The molecular weight excluding hydrogens is 176 g/mol. The molecule has 2 aliphatic carbocycles. The number of nitriles is 1. The monoisotopic (exact) mass is 181 g/mol. The third kappa shape index (κ3) is 0.612. The zero-order valence-corrected chi connectivity index (χ0v) is 6.51. The summed E-state index contributed by atoms with van der Waals surface area (Å²) >= 11 is 0. The molecule has 3 rings (SSSR count). The predicted molar refractivity (Wildman–Crippen MR) is 38.0 cm³/mol. The maximum Gasteiger partial charge on any atom is 0.292 e. The van der Waals surface area contributed by atoms with Crippen LogP contribution in [0.5, 0.6) is 0 Å². The molecule has 5 heteroatoms. The van der Waals surface area contributed by atoms with Gasteiger partial charge in [0.15, 0.2) is 5.69 Å². The first kappa shape index (κ1) is 7.01. The average Bonchev–Trinajstić information content (AvgIpc) is 2.71. The minimum absolute atomic E-state index is 0.126. The summed E-state index contributed by atoms with van der Waals surface area (Å²) in [5.74, 6) is -3.50. The van der Waals surface area contributed by atoms with Crippen LogP contribution in [0.25, 0.3) is 0 Å². The van der Waals surface area contributed by atoms with Crippen LogP contribution in [0.3, 0.4) is 0 Å². The lowest BCUT2D eigenvalue weighted by Gasteiger charge is -2.09. The highest BCUT2D eigenvalue weighted by atomic mass is 19.3. The lowest BCUT2D eigenvalue weighted by molar-refractivity contribution is -0.0268. The van der Waals surface area contributed by atoms with Crippen molar-refractivity contribution in [3.63, 3.8) is 0 Å². The Bertz CT molecular complexity index is 429. The highest BCUT2D eigenvalue weighted by Gasteiger charge is 2.65. The van der Waals surface area contributed by atoms with E-state index < -0.39 is 11.8 Å². The van der Waals surface area contributed by atoms with E-state index in [1.165, 1.54) is 0 Å². The Morgan fingerprint density at radius 3 is 3.08 bits per heavy atom. The molecule has 2 aliphatic rings. The molecule has 1 N–H and O–H groups in total. The van der Waals surface area contributed by atoms with Gasteiger partial charge in [0, 0.05) is 11.5 Å². The molecule has 1 heterocycles. The molecular formula is C8H5F2N3. The molecule has 0 amide bonds. The van der Waals surface area contributed by atoms with Crippen molar-refractivity contribution < 1.29 is 8.78 Å². The lowest BCUT2D eigenvalue weighted by atomic mass is 10.1. The van der Waals surface area contributed by atoms with Crippen molar-refractivity contribution >= 4 is 0 Å². The van der Waals surface area contributed by atoms with Crippen LogP contribution >= 0.6 is 0 Å². The molecule has 0 bridgehead atoms. The third-order valence-corrected chi connectivity index (χ3v) is 2.87. The summed E-state index contributed by atoms with van der Waals surface area (Å²) in [7, 11) is 0. The molecule has 0 saturated heterocycles. The van der Waals surface area contributed by atoms with Crippen molar-refractivity contribution in [2.75, 3.05) is 0 Å². The van der Waals surface area contributed by atoms with Gasteiger partial charge in [-0.25, -0.2) is 0 Å². The van der Waals surface area contributed by atoms with Crippen LogP contribution in [0.15, 0.2) is 0 Å². The molecule has 1 saturated carbocycles. The summed E-state index contributed by atoms with van der Waals surface area (Å²) in [6.45, 7) is 0. The predicted octanol–water partition coefficient (Wildman–Crippen LogP) is 1.49. The van der Waals surface area contributed by atoms with Crippen LogP contribution in [0.4, 0.5) is 8.78 Å². The summed E-state index contributed by atoms with van der Waals surface area (Å²) in [5.41, 5.74) is 0.461. The van der Waals surface area contributed by atoms with Crippen LogP contribution in [0.1, 0.15) is 29.3 Å². The van der Waals surface area contributed by atoms with Gasteiger partial charge in [-0.05, 0) is 12.3 Å². The van der Waals surface area contributed by atoms with Gasteiger partial charge in [-0.15, -0.1) is 0 Å². The standard InChI is InChI=1S/C8H5F2N3/c9-8(10)4-1-3(4)6-5(2-11)12-13-7(6)8/h3-4H,1H2,(H,12,13)/t3?,4-/m1/s1. The molecule has 2 atom stereocenters. The van der Waals surface area contributed by atoms with Crippen molar-refractivity contribution in [1.29, 1.82) is 5.26 Å². The van der Waals surface area contributed by atoms with E-state index in [9.17, 15) is 8.78 Å². The molecule has 1 unspecified atom stereocenters. The van der Waals surface area contributed by atoms with Crippen LogP contribution in [0.2, 0.25) is 0 Å². The highest BCUT2D eigenvalue weighted by molar-refractivity contribution is 5.48. The Morgan fingerprint density at radius 1 is 1.62 bits per heavy atom. The molecule has 0 spiro atoms. The van der Waals surface area contributed by atoms with Crippen molar-refractivity contribution in [2.24, 2.45) is 5.92 Å². The first-order valence-electron chi connectivity index (χ1n) is 4.03. The second-order valence-electron chi connectivity index (χ2n) is 3.54. The number of rotatable bonds is 0. The number of aromatic nitrogens is 2. The fourth-order valence-corrected chi connectivity index (χ4v) is 2.15. The molecule has 1 aromatic heterocycles. The minimum atomic E-state index is -2.79. The molecule has 0 aromatic carbocycles. The van der Waals surface area contributed by atoms with Gasteiger partial charge in [0.2, 0.25) is 0 Å². The van der Waals surface area contributed by atoms with Gasteiger partial charge in [0.25, 0.3) is 5.92 Å². The Morgan fingerprint density at radius 2 is 2.38 bits per heavy atom. The van der Waals surface area contributed by atoms with Gasteiger partial charge >= 0.3 is 0 Å². The second kappa shape index (κ2) is 1.74. The smallest absolute Gasteiger partial charge is 0.275 e. The van der Waals surface area contributed by atoms with Crippen molar-refractivity contribution in [3.05, 3.63) is 17.0 Å². The highest BCUT2D eigenvalue weighted by Crippen LogP contribution is 2.66. The summed E-state index contributed by atoms with van der Waals surface area (Å²) in [4.78, 5) is 0. The minimum Gasteiger partial charge on any atom is -0.275 e. The summed E-state index contributed by atoms with van der Waals surface area (Å²) in [6, 6.07) is 1.83. The Labute approximate surface area is 72.4 Å². The molecule has 1 aromatic rings. The zero-order valence-electron chi connectivity index (χ0n) is 6.51.